The zero-order valence-electron chi connectivity index (χ0n) is 15.5. The summed E-state index contributed by atoms with van der Waals surface area (Å²) in [5.41, 5.74) is 2.17. The molecule has 2 fully saturated rings. The molecule has 1 aromatic heterocycles. The quantitative estimate of drug-likeness (QED) is 0.607. The molecule has 0 unspecified atom stereocenters. The number of amides is 3. The van der Waals surface area contributed by atoms with Gasteiger partial charge in [-0.1, -0.05) is 12.1 Å². The van der Waals surface area contributed by atoms with Gasteiger partial charge in [-0.15, -0.1) is 0 Å². The van der Waals surface area contributed by atoms with Crippen LogP contribution in [0.1, 0.15) is 28.9 Å². The molecule has 148 valence electrons. The number of rotatable bonds is 6. The summed E-state index contributed by atoms with van der Waals surface area (Å²) in [5.74, 6) is -0.00626. The normalized spacial score (nSPS) is 17.1. The summed E-state index contributed by atoms with van der Waals surface area (Å²) in [4.78, 5) is 26.4. The molecule has 2 aromatic rings. The SMILES string of the molecule is O=C(Nc1cc(C(=O)Nc2ccc(CN3CCOCC3)cc2)[nH]n1)NC1CC1. The molecule has 1 aliphatic heterocycles. The monoisotopic (exact) mass is 384 g/mol. The topological polar surface area (TPSA) is 111 Å². The van der Waals surface area contributed by atoms with Crippen molar-refractivity contribution < 1.29 is 14.3 Å². The molecule has 0 atom stereocenters. The van der Waals surface area contributed by atoms with E-state index >= 15 is 0 Å². The molecule has 28 heavy (non-hydrogen) atoms. The lowest BCUT2D eigenvalue weighted by molar-refractivity contribution is 0.0342. The van der Waals surface area contributed by atoms with Crippen LogP contribution in [-0.4, -0.2) is 59.4 Å². The molecular weight excluding hydrogens is 360 g/mol. The molecule has 2 aliphatic rings. The number of benzene rings is 1. The lowest BCUT2D eigenvalue weighted by Gasteiger charge is -2.26. The van der Waals surface area contributed by atoms with Crippen molar-refractivity contribution in [2.45, 2.75) is 25.4 Å². The molecule has 0 bridgehead atoms. The van der Waals surface area contributed by atoms with E-state index in [4.69, 9.17) is 4.74 Å². The Kier molecular flexibility index (Phi) is 5.54. The fraction of sp³-hybridized carbons (Fsp3) is 0.421. The number of H-pyrrole nitrogens is 1. The average molecular weight is 384 g/mol. The summed E-state index contributed by atoms with van der Waals surface area (Å²) < 4.78 is 5.36. The number of anilines is 2. The van der Waals surface area contributed by atoms with E-state index in [0.29, 0.717) is 11.5 Å². The van der Waals surface area contributed by atoms with Gasteiger partial charge in [-0.2, -0.15) is 5.10 Å². The van der Waals surface area contributed by atoms with Crippen LogP contribution in [0.25, 0.3) is 0 Å². The van der Waals surface area contributed by atoms with Crippen LogP contribution in [0.3, 0.4) is 0 Å². The highest BCUT2D eigenvalue weighted by Gasteiger charge is 2.23. The van der Waals surface area contributed by atoms with Gasteiger partial charge < -0.3 is 15.4 Å². The smallest absolute Gasteiger partial charge is 0.320 e. The summed E-state index contributed by atoms with van der Waals surface area (Å²) in [7, 11) is 0. The zero-order valence-corrected chi connectivity index (χ0v) is 15.5. The first-order valence-corrected chi connectivity index (χ1v) is 9.49. The van der Waals surface area contributed by atoms with E-state index in [2.05, 4.69) is 31.0 Å². The minimum Gasteiger partial charge on any atom is -0.379 e. The van der Waals surface area contributed by atoms with Crippen LogP contribution in [0, 0.1) is 0 Å². The number of carbonyl (C=O) groups is 2. The molecule has 4 N–H and O–H groups in total. The van der Waals surface area contributed by atoms with E-state index < -0.39 is 0 Å². The van der Waals surface area contributed by atoms with Crippen molar-refractivity contribution in [1.29, 1.82) is 0 Å². The molecule has 0 spiro atoms. The van der Waals surface area contributed by atoms with Crippen LogP contribution >= 0.6 is 0 Å². The number of hydrogen-bond donors (Lipinski definition) is 4. The van der Waals surface area contributed by atoms with Crippen molar-refractivity contribution in [2.75, 3.05) is 36.9 Å². The van der Waals surface area contributed by atoms with E-state index in [1.54, 1.807) is 0 Å². The van der Waals surface area contributed by atoms with E-state index in [-0.39, 0.29) is 23.7 Å². The Hall–Kier alpha value is -2.91. The number of aromatic nitrogens is 2. The van der Waals surface area contributed by atoms with Crippen LogP contribution < -0.4 is 16.0 Å². The Morgan fingerprint density at radius 2 is 1.89 bits per heavy atom. The third-order valence-corrected chi connectivity index (χ3v) is 4.70. The third-order valence-electron chi connectivity index (χ3n) is 4.70. The number of morpholine rings is 1. The van der Waals surface area contributed by atoms with Crippen molar-refractivity contribution >= 4 is 23.4 Å². The molecule has 1 saturated heterocycles. The minimum absolute atomic E-state index is 0.257. The van der Waals surface area contributed by atoms with Crippen molar-refractivity contribution in [3.8, 4) is 0 Å². The lowest BCUT2D eigenvalue weighted by Crippen LogP contribution is -2.35. The predicted octanol–water partition coefficient (Wildman–Crippen LogP) is 1.78. The first kappa shape index (κ1) is 18.5. The van der Waals surface area contributed by atoms with E-state index in [0.717, 1.165) is 45.7 Å². The highest BCUT2D eigenvalue weighted by Crippen LogP contribution is 2.19. The highest BCUT2D eigenvalue weighted by molar-refractivity contribution is 6.03. The Labute approximate surface area is 162 Å². The molecule has 4 rings (SSSR count). The summed E-state index contributed by atoms with van der Waals surface area (Å²) in [5, 5.41) is 14.8. The van der Waals surface area contributed by atoms with E-state index in [9.17, 15) is 9.59 Å². The van der Waals surface area contributed by atoms with Gasteiger partial charge in [0.05, 0.1) is 13.2 Å². The minimum atomic E-state index is -0.316. The van der Waals surface area contributed by atoms with Crippen LogP contribution in [0.15, 0.2) is 30.3 Å². The van der Waals surface area contributed by atoms with Crippen LogP contribution in [0.4, 0.5) is 16.3 Å². The van der Waals surface area contributed by atoms with Gasteiger partial charge >= 0.3 is 6.03 Å². The van der Waals surface area contributed by atoms with Crippen LogP contribution in [0.2, 0.25) is 0 Å². The summed E-state index contributed by atoms with van der Waals surface area (Å²) >= 11 is 0. The Balaban J connectivity index is 1.28. The molecule has 9 nitrogen and oxygen atoms in total. The molecule has 2 heterocycles. The van der Waals surface area contributed by atoms with Gasteiger partial charge in [-0.3, -0.25) is 20.1 Å². The molecule has 0 radical (unpaired) electrons. The summed E-state index contributed by atoms with van der Waals surface area (Å²) in [6.45, 7) is 4.30. The third kappa shape index (κ3) is 5.08. The maximum Gasteiger partial charge on any atom is 0.320 e. The number of ether oxygens (including phenoxy) is 1. The fourth-order valence-electron chi connectivity index (χ4n) is 2.98. The van der Waals surface area contributed by atoms with Crippen LogP contribution in [-0.2, 0) is 11.3 Å². The maximum atomic E-state index is 12.4. The number of nitrogens with one attached hydrogen (secondary N) is 4. The summed E-state index contributed by atoms with van der Waals surface area (Å²) in [6, 6.07) is 9.23. The predicted molar refractivity (Wildman–Crippen MR) is 104 cm³/mol. The lowest BCUT2D eigenvalue weighted by atomic mass is 10.2. The van der Waals surface area contributed by atoms with Crippen molar-refractivity contribution in [3.63, 3.8) is 0 Å². The molecule has 1 aromatic carbocycles. The molecular formula is C19H24N6O3. The number of nitrogens with zero attached hydrogens (tertiary/aromatic N) is 2. The Bertz CT molecular complexity index is 824. The van der Waals surface area contributed by atoms with Gasteiger partial charge in [-0.05, 0) is 30.5 Å². The van der Waals surface area contributed by atoms with Gasteiger partial charge in [0.15, 0.2) is 5.82 Å². The molecule has 1 aliphatic carbocycles. The van der Waals surface area contributed by atoms with Crippen LogP contribution in [0.5, 0.6) is 0 Å². The Morgan fingerprint density at radius 1 is 1.14 bits per heavy atom. The zero-order chi connectivity index (χ0) is 19.3. The second-order valence-corrected chi connectivity index (χ2v) is 7.08. The number of urea groups is 1. The maximum absolute atomic E-state index is 12.4. The fourth-order valence-corrected chi connectivity index (χ4v) is 2.98. The largest absolute Gasteiger partial charge is 0.379 e. The van der Waals surface area contributed by atoms with Gasteiger partial charge in [0.1, 0.15) is 5.69 Å². The first-order chi connectivity index (χ1) is 13.7. The van der Waals surface area contributed by atoms with E-state index in [1.807, 2.05) is 24.3 Å². The number of hydrogen-bond acceptors (Lipinski definition) is 5. The van der Waals surface area contributed by atoms with Gasteiger partial charge in [0.25, 0.3) is 5.91 Å². The van der Waals surface area contributed by atoms with Gasteiger partial charge in [-0.25, -0.2) is 4.79 Å². The van der Waals surface area contributed by atoms with Crippen molar-refractivity contribution in [2.24, 2.45) is 0 Å². The second-order valence-electron chi connectivity index (χ2n) is 7.08. The summed E-state index contributed by atoms with van der Waals surface area (Å²) in [6.07, 6.45) is 2.01. The van der Waals surface area contributed by atoms with Gasteiger partial charge in [0, 0.05) is 37.4 Å². The average Bonchev–Trinajstić information content (AvgIpc) is 3.38. The van der Waals surface area contributed by atoms with Crippen molar-refractivity contribution in [3.05, 3.63) is 41.6 Å². The number of aromatic amines is 1. The van der Waals surface area contributed by atoms with Crippen molar-refractivity contribution in [1.82, 2.24) is 20.4 Å². The van der Waals surface area contributed by atoms with E-state index in [1.165, 1.54) is 11.6 Å². The standard InChI is InChI=1S/C19H24N6O3/c26-18(16-11-17(24-23-16)22-19(27)21-15-5-6-15)20-14-3-1-13(2-4-14)12-25-7-9-28-10-8-25/h1-4,11,15H,5-10,12H2,(H,20,26)(H3,21,22,23,24,27). The number of carbonyl (C=O) groups excluding carboxylic acids is 2. The second kappa shape index (κ2) is 8.41. The molecule has 1 saturated carbocycles. The van der Waals surface area contributed by atoms with Gasteiger partial charge in [0.2, 0.25) is 0 Å². The first-order valence-electron chi connectivity index (χ1n) is 9.49. The molecule has 3 amide bonds. The molecule has 9 heteroatoms. The highest BCUT2D eigenvalue weighted by atomic mass is 16.5. The Morgan fingerprint density at radius 3 is 2.61 bits per heavy atom.